The second-order valence-electron chi connectivity index (χ2n) is 5.18. The normalized spacial score (nSPS) is 14.4. The van der Waals surface area contributed by atoms with Crippen molar-refractivity contribution in [2.45, 2.75) is 19.4 Å². The Balaban J connectivity index is 1.51. The first-order valence-electron chi connectivity index (χ1n) is 7.39. The number of ether oxygens (including phenoxy) is 2. The Hall–Kier alpha value is -2.50. The highest BCUT2D eigenvalue weighted by Gasteiger charge is 2.15. The van der Waals surface area contributed by atoms with Crippen molar-refractivity contribution in [2.75, 3.05) is 19.8 Å². The summed E-state index contributed by atoms with van der Waals surface area (Å²) >= 11 is 0. The van der Waals surface area contributed by atoms with E-state index in [1.54, 1.807) is 23.1 Å². The molecule has 0 unspecified atom stereocenters. The number of fused-ring (bicyclic) bond motifs is 1. The molecule has 6 nitrogen and oxygen atoms in total. The lowest BCUT2D eigenvalue weighted by atomic mass is 10.1. The fourth-order valence-electron chi connectivity index (χ4n) is 2.35. The summed E-state index contributed by atoms with van der Waals surface area (Å²) in [6.45, 7) is 3.57. The van der Waals surface area contributed by atoms with Gasteiger partial charge in [-0.1, -0.05) is 6.07 Å². The molecule has 0 saturated heterocycles. The first-order chi connectivity index (χ1) is 10.7. The standard InChI is InChI=1S/C16H19N3O3/c1-12(19-8-2-6-18-19)16(20)17-7-5-13-3-4-14-15(11-13)22-10-9-21-14/h2-4,6,8,11-12H,5,7,9-10H2,1H3,(H,17,20)/t12-/m0/s1. The zero-order valence-electron chi connectivity index (χ0n) is 12.5. The summed E-state index contributed by atoms with van der Waals surface area (Å²) in [7, 11) is 0. The molecule has 2 aromatic rings. The van der Waals surface area contributed by atoms with E-state index in [9.17, 15) is 4.79 Å². The Morgan fingerprint density at radius 2 is 2.18 bits per heavy atom. The Bertz CT molecular complexity index is 640. The van der Waals surface area contributed by atoms with Gasteiger partial charge in [-0.3, -0.25) is 9.48 Å². The van der Waals surface area contributed by atoms with E-state index in [0.29, 0.717) is 19.8 Å². The van der Waals surface area contributed by atoms with Crippen LogP contribution in [0.5, 0.6) is 11.5 Å². The predicted molar refractivity (Wildman–Crippen MR) is 81.1 cm³/mol. The third-order valence-electron chi connectivity index (χ3n) is 3.62. The molecule has 6 heteroatoms. The molecular formula is C16H19N3O3. The van der Waals surface area contributed by atoms with Crippen LogP contribution in [0.3, 0.4) is 0 Å². The van der Waals surface area contributed by atoms with E-state index in [4.69, 9.17) is 9.47 Å². The van der Waals surface area contributed by atoms with Crippen LogP contribution in [0.25, 0.3) is 0 Å². The van der Waals surface area contributed by atoms with Gasteiger partial charge in [-0.05, 0) is 37.1 Å². The van der Waals surface area contributed by atoms with Crippen molar-refractivity contribution in [3.8, 4) is 11.5 Å². The maximum Gasteiger partial charge on any atom is 0.244 e. The Labute approximate surface area is 129 Å². The van der Waals surface area contributed by atoms with E-state index in [1.165, 1.54) is 0 Å². The molecule has 0 radical (unpaired) electrons. The quantitative estimate of drug-likeness (QED) is 0.910. The number of benzene rings is 1. The lowest BCUT2D eigenvalue weighted by Crippen LogP contribution is -2.32. The van der Waals surface area contributed by atoms with Crippen molar-refractivity contribution in [1.29, 1.82) is 0 Å². The molecule has 0 bridgehead atoms. The van der Waals surface area contributed by atoms with Gasteiger partial charge in [0.2, 0.25) is 5.91 Å². The van der Waals surface area contributed by atoms with Crippen LogP contribution in [0.2, 0.25) is 0 Å². The van der Waals surface area contributed by atoms with Crippen LogP contribution in [-0.4, -0.2) is 35.4 Å². The van der Waals surface area contributed by atoms with Crippen molar-refractivity contribution >= 4 is 5.91 Å². The van der Waals surface area contributed by atoms with Crippen molar-refractivity contribution in [3.63, 3.8) is 0 Å². The summed E-state index contributed by atoms with van der Waals surface area (Å²) < 4.78 is 12.7. The number of nitrogens with zero attached hydrogens (tertiary/aromatic N) is 2. The highest BCUT2D eigenvalue weighted by atomic mass is 16.6. The summed E-state index contributed by atoms with van der Waals surface area (Å²) in [5.74, 6) is 1.52. The van der Waals surface area contributed by atoms with Crippen molar-refractivity contribution in [3.05, 3.63) is 42.2 Å². The summed E-state index contributed by atoms with van der Waals surface area (Å²) in [5.41, 5.74) is 1.11. The first kappa shape index (κ1) is 14.4. The van der Waals surface area contributed by atoms with Gasteiger partial charge in [-0.2, -0.15) is 5.10 Å². The van der Waals surface area contributed by atoms with Gasteiger partial charge in [-0.15, -0.1) is 0 Å². The monoisotopic (exact) mass is 301 g/mol. The van der Waals surface area contributed by atoms with Crippen LogP contribution in [0, 0.1) is 0 Å². The minimum Gasteiger partial charge on any atom is -0.486 e. The number of carbonyl (C=O) groups is 1. The summed E-state index contributed by atoms with van der Waals surface area (Å²) in [5, 5.41) is 7.00. The topological polar surface area (TPSA) is 65.4 Å². The van der Waals surface area contributed by atoms with Gasteiger partial charge in [0.25, 0.3) is 0 Å². The molecule has 1 N–H and O–H groups in total. The number of hydrogen-bond acceptors (Lipinski definition) is 4. The summed E-state index contributed by atoms with van der Waals surface area (Å²) in [4.78, 5) is 12.0. The molecule has 116 valence electrons. The zero-order valence-corrected chi connectivity index (χ0v) is 12.5. The number of nitrogens with one attached hydrogen (secondary N) is 1. The fraction of sp³-hybridized carbons (Fsp3) is 0.375. The molecule has 0 aliphatic carbocycles. The third kappa shape index (κ3) is 3.21. The summed E-state index contributed by atoms with van der Waals surface area (Å²) in [6, 6.07) is 7.38. The molecule has 22 heavy (non-hydrogen) atoms. The second-order valence-corrected chi connectivity index (χ2v) is 5.18. The van der Waals surface area contributed by atoms with Gasteiger partial charge in [0.05, 0.1) is 0 Å². The van der Waals surface area contributed by atoms with Gasteiger partial charge in [0.15, 0.2) is 11.5 Å². The van der Waals surface area contributed by atoms with E-state index >= 15 is 0 Å². The van der Waals surface area contributed by atoms with E-state index in [-0.39, 0.29) is 11.9 Å². The molecule has 3 rings (SSSR count). The minimum absolute atomic E-state index is 0.0405. The van der Waals surface area contributed by atoms with E-state index in [2.05, 4.69) is 10.4 Å². The van der Waals surface area contributed by atoms with Crippen LogP contribution in [0.4, 0.5) is 0 Å². The minimum atomic E-state index is -0.310. The van der Waals surface area contributed by atoms with Gasteiger partial charge >= 0.3 is 0 Å². The molecule has 0 saturated carbocycles. The fourth-order valence-corrected chi connectivity index (χ4v) is 2.35. The van der Waals surface area contributed by atoms with Crippen molar-refractivity contribution in [1.82, 2.24) is 15.1 Å². The van der Waals surface area contributed by atoms with Gasteiger partial charge in [0.1, 0.15) is 19.3 Å². The maximum absolute atomic E-state index is 12.0. The predicted octanol–water partition coefficient (Wildman–Crippen LogP) is 1.57. The number of carbonyl (C=O) groups excluding carboxylic acids is 1. The Morgan fingerprint density at radius 3 is 2.95 bits per heavy atom. The van der Waals surface area contributed by atoms with E-state index in [1.807, 2.05) is 25.1 Å². The molecule has 1 atom stereocenters. The highest BCUT2D eigenvalue weighted by Crippen LogP contribution is 2.30. The van der Waals surface area contributed by atoms with Crippen molar-refractivity contribution < 1.29 is 14.3 Å². The average Bonchev–Trinajstić information content (AvgIpc) is 3.08. The zero-order chi connectivity index (χ0) is 15.4. The largest absolute Gasteiger partial charge is 0.486 e. The van der Waals surface area contributed by atoms with Gasteiger partial charge < -0.3 is 14.8 Å². The maximum atomic E-state index is 12.0. The number of rotatable bonds is 5. The van der Waals surface area contributed by atoms with Crippen LogP contribution in [0.15, 0.2) is 36.7 Å². The highest BCUT2D eigenvalue weighted by molar-refractivity contribution is 5.79. The molecule has 0 fully saturated rings. The second kappa shape index (κ2) is 6.51. The van der Waals surface area contributed by atoms with E-state index < -0.39 is 0 Å². The molecule has 1 aliphatic rings. The van der Waals surface area contributed by atoms with Crippen molar-refractivity contribution in [2.24, 2.45) is 0 Å². The molecular weight excluding hydrogens is 282 g/mol. The van der Waals surface area contributed by atoms with Crippen LogP contribution in [0.1, 0.15) is 18.5 Å². The molecule has 1 aliphatic heterocycles. The number of hydrogen-bond donors (Lipinski definition) is 1. The van der Waals surface area contributed by atoms with Gasteiger partial charge in [0, 0.05) is 18.9 Å². The Morgan fingerprint density at radius 1 is 1.36 bits per heavy atom. The van der Waals surface area contributed by atoms with Gasteiger partial charge in [-0.25, -0.2) is 0 Å². The average molecular weight is 301 g/mol. The van der Waals surface area contributed by atoms with Crippen LogP contribution < -0.4 is 14.8 Å². The van der Waals surface area contributed by atoms with Crippen LogP contribution >= 0.6 is 0 Å². The first-order valence-corrected chi connectivity index (χ1v) is 7.39. The molecule has 1 amide bonds. The molecule has 1 aromatic carbocycles. The lowest BCUT2D eigenvalue weighted by molar-refractivity contribution is -0.124. The Kier molecular flexibility index (Phi) is 4.27. The number of amides is 1. The van der Waals surface area contributed by atoms with Crippen LogP contribution in [-0.2, 0) is 11.2 Å². The number of aromatic nitrogens is 2. The summed E-state index contributed by atoms with van der Waals surface area (Å²) in [6.07, 6.45) is 4.19. The molecule has 0 spiro atoms. The van der Waals surface area contributed by atoms with E-state index in [0.717, 1.165) is 23.5 Å². The third-order valence-corrected chi connectivity index (χ3v) is 3.62. The molecule has 1 aromatic heterocycles. The molecule has 2 heterocycles. The SMILES string of the molecule is C[C@@H](C(=O)NCCc1ccc2c(c1)OCCO2)n1cccn1. The smallest absolute Gasteiger partial charge is 0.244 e. The lowest BCUT2D eigenvalue weighted by Gasteiger charge is -2.19.